The third-order valence-electron chi connectivity index (χ3n) is 4.00. The Balaban J connectivity index is 2.02. The van der Waals surface area contributed by atoms with Crippen molar-refractivity contribution in [1.82, 2.24) is 10.1 Å². The smallest absolute Gasteiger partial charge is 0.226 e. The fraction of sp³-hybridized carbons (Fsp3) is 0.556. The van der Waals surface area contributed by atoms with Crippen LogP contribution >= 0.6 is 0 Å². The molecule has 0 amide bonds. The predicted molar refractivity (Wildman–Crippen MR) is 89.4 cm³/mol. The van der Waals surface area contributed by atoms with Crippen LogP contribution in [0.5, 0.6) is 0 Å². The Morgan fingerprint density at radius 2 is 1.86 bits per heavy atom. The lowest BCUT2D eigenvalue weighted by molar-refractivity contribution is 0.374. The van der Waals surface area contributed by atoms with Crippen molar-refractivity contribution >= 4 is 0 Å². The molecule has 0 radical (unpaired) electrons. The standard InChI is InChI=1S/C18H27N3O/c1-3-5-6-7-8-13-17-20-18(21-22-17)15-12-10-9-11-14(15)16(19)4-2/h9-12,16H,3-8,13,19H2,1-2H3. The number of rotatable bonds is 9. The Kier molecular flexibility index (Phi) is 6.59. The molecule has 22 heavy (non-hydrogen) atoms. The van der Waals surface area contributed by atoms with Crippen LogP contribution < -0.4 is 5.73 Å². The van der Waals surface area contributed by atoms with Crippen molar-refractivity contribution in [1.29, 1.82) is 0 Å². The first-order valence-corrected chi connectivity index (χ1v) is 8.43. The predicted octanol–water partition coefficient (Wildman–Crippen LogP) is 4.66. The van der Waals surface area contributed by atoms with E-state index in [1.165, 1.54) is 25.7 Å². The van der Waals surface area contributed by atoms with Crippen LogP contribution in [0.15, 0.2) is 28.8 Å². The molecule has 0 aliphatic rings. The summed E-state index contributed by atoms with van der Waals surface area (Å²) in [6.45, 7) is 4.31. The molecule has 0 fully saturated rings. The number of hydrogen-bond acceptors (Lipinski definition) is 4. The van der Waals surface area contributed by atoms with Crippen LogP contribution in [-0.2, 0) is 6.42 Å². The van der Waals surface area contributed by atoms with Gasteiger partial charge in [-0.2, -0.15) is 4.98 Å². The van der Waals surface area contributed by atoms with Gasteiger partial charge in [0.25, 0.3) is 0 Å². The van der Waals surface area contributed by atoms with Gasteiger partial charge in [-0.05, 0) is 18.4 Å². The molecule has 0 spiro atoms. The van der Waals surface area contributed by atoms with E-state index >= 15 is 0 Å². The van der Waals surface area contributed by atoms with Crippen LogP contribution in [0, 0.1) is 0 Å². The van der Waals surface area contributed by atoms with Gasteiger partial charge in [-0.25, -0.2) is 0 Å². The molecule has 1 aromatic carbocycles. The van der Waals surface area contributed by atoms with E-state index in [4.69, 9.17) is 10.3 Å². The van der Waals surface area contributed by atoms with Crippen LogP contribution in [0.2, 0.25) is 0 Å². The Labute approximate surface area is 133 Å². The van der Waals surface area contributed by atoms with E-state index in [-0.39, 0.29) is 6.04 Å². The number of benzene rings is 1. The van der Waals surface area contributed by atoms with Gasteiger partial charge < -0.3 is 10.3 Å². The minimum absolute atomic E-state index is 0.00666. The molecule has 0 aliphatic heterocycles. The van der Waals surface area contributed by atoms with E-state index < -0.39 is 0 Å². The maximum Gasteiger partial charge on any atom is 0.226 e. The van der Waals surface area contributed by atoms with Crippen LogP contribution in [0.4, 0.5) is 0 Å². The molecule has 4 nitrogen and oxygen atoms in total. The summed E-state index contributed by atoms with van der Waals surface area (Å²) in [6, 6.07) is 8.06. The van der Waals surface area contributed by atoms with Crippen LogP contribution in [0.3, 0.4) is 0 Å². The van der Waals surface area contributed by atoms with Gasteiger partial charge in [-0.1, -0.05) is 69.0 Å². The normalized spacial score (nSPS) is 12.5. The molecule has 0 saturated heterocycles. The maximum absolute atomic E-state index is 6.18. The Bertz CT molecular complexity index is 565. The maximum atomic E-state index is 6.18. The lowest BCUT2D eigenvalue weighted by Gasteiger charge is -2.12. The van der Waals surface area contributed by atoms with Crippen molar-refractivity contribution in [3.63, 3.8) is 0 Å². The van der Waals surface area contributed by atoms with Gasteiger partial charge in [0.15, 0.2) is 0 Å². The monoisotopic (exact) mass is 301 g/mol. The molecule has 2 N–H and O–H groups in total. The highest BCUT2D eigenvalue weighted by molar-refractivity contribution is 5.60. The molecular formula is C18H27N3O. The van der Waals surface area contributed by atoms with Gasteiger partial charge in [-0.3, -0.25) is 0 Å². The Morgan fingerprint density at radius 1 is 1.09 bits per heavy atom. The second kappa shape index (κ2) is 8.69. The molecule has 0 saturated carbocycles. The zero-order valence-corrected chi connectivity index (χ0v) is 13.7. The van der Waals surface area contributed by atoms with E-state index in [0.717, 1.165) is 36.3 Å². The first kappa shape index (κ1) is 16.7. The number of hydrogen-bond donors (Lipinski definition) is 1. The van der Waals surface area contributed by atoms with Crippen LogP contribution in [0.25, 0.3) is 11.4 Å². The number of aryl methyl sites for hydroxylation is 1. The van der Waals surface area contributed by atoms with Gasteiger partial charge >= 0.3 is 0 Å². The summed E-state index contributed by atoms with van der Waals surface area (Å²) in [5.41, 5.74) is 8.25. The third kappa shape index (κ3) is 4.41. The molecule has 2 aromatic rings. The van der Waals surface area contributed by atoms with Crippen LogP contribution in [0.1, 0.15) is 69.9 Å². The molecule has 1 aromatic heterocycles. The summed E-state index contributed by atoms with van der Waals surface area (Å²) < 4.78 is 5.39. The Hall–Kier alpha value is -1.68. The second-order valence-corrected chi connectivity index (χ2v) is 5.78. The van der Waals surface area contributed by atoms with Crippen molar-refractivity contribution in [3.05, 3.63) is 35.7 Å². The van der Waals surface area contributed by atoms with Crippen molar-refractivity contribution in [2.24, 2.45) is 5.73 Å². The minimum Gasteiger partial charge on any atom is -0.339 e. The van der Waals surface area contributed by atoms with E-state index in [1.807, 2.05) is 24.3 Å². The molecule has 1 atom stereocenters. The molecule has 0 bridgehead atoms. The largest absolute Gasteiger partial charge is 0.339 e. The summed E-state index contributed by atoms with van der Waals surface area (Å²) in [4.78, 5) is 4.54. The summed E-state index contributed by atoms with van der Waals surface area (Å²) >= 11 is 0. The topological polar surface area (TPSA) is 64.9 Å². The van der Waals surface area contributed by atoms with E-state index in [2.05, 4.69) is 24.0 Å². The summed E-state index contributed by atoms with van der Waals surface area (Å²) in [5.74, 6) is 1.38. The summed E-state index contributed by atoms with van der Waals surface area (Å²) in [6.07, 6.45) is 7.93. The molecule has 0 aliphatic carbocycles. The number of nitrogens with zero attached hydrogens (tertiary/aromatic N) is 2. The van der Waals surface area contributed by atoms with Crippen LogP contribution in [-0.4, -0.2) is 10.1 Å². The van der Waals surface area contributed by atoms with Crippen molar-refractivity contribution in [3.8, 4) is 11.4 Å². The molecule has 1 unspecified atom stereocenters. The zero-order chi connectivity index (χ0) is 15.8. The van der Waals surface area contributed by atoms with Gasteiger partial charge in [0.2, 0.25) is 11.7 Å². The summed E-state index contributed by atoms with van der Waals surface area (Å²) in [7, 11) is 0. The average molecular weight is 301 g/mol. The quantitative estimate of drug-likeness (QED) is 0.684. The SMILES string of the molecule is CCCCCCCc1nc(-c2ccccc2C(N)CC)no1. The first-order valence-electron chi connectivity index (χ1n) is 8.43. The average Bonchev–Trinajstić information content (AvgIpc) is 3.02. The lowest BCUT2D eigenvalue weighted by atomic mass is 9.99. The van der Waals surface area contributed by atoms with Crippen molar-refractivity contribution < 1.29 is 4.52 Å². The highest BCUT2D eigenvalue weighted by atomic mass is 16.5. The number of unbranched alkanes of at least 4 members (excludes halogenated alkanes) is 4. The first-order chi connectivity index (χ1) is 10.8. The van der Waals surface area contributed by atoms with Crippen molar-refractivity contribution in [2.45, 2.75) is 64.8 Å². The van der Waals surface area contributed by atoms with Crippen molar-refractivity contribution in [2.75, 3.05) is 0 Å². The fourth-order valence-corrected chi connectivity index (χ4v) is 2.59. The molecule has 1 heterocycles. The highest BCUT2D eigenvalue weighted by Crippen LogP contribution is 2.26. The van der Waals surface area contributed by atoms with E-state index in [1.54, 1.807) is 0 Å². The second-order valence-electron chi connectivity index (χ2n) is 5.78. The summed E-state index contributed by atoms with van der Waals surface area (Å²) in [5, 5.41) is 4.14. The lowest BCUT2D eigenvalue weighted by Crippen LogP contribution is -2.10. The van der Waals surface area contributed by atoms with E-state index in [0.29, 0.717) is 5.82 Å². The highest BCUT2D eigenvalue weighted by Gasteiger charge is 2.15. The van der Waals surface area contributed by atoms with Gasteiger partial charge in [0, 0.05) is 18.0 Å². The third-order valence-corrected chi connectivity index (χ3v) is 4.00. The number of aromatic nitrogens is 2. The molecule has 120 valence electrons. The van der Waals surface area contributed by atoms with Gasteiger partial charge in [-0.15, -0.1) is 0 Å². The molecule has 2 rings (SSSR count). The number of nitrogens with two attached hydrogens (primary N) is 1. The minimum atomic E-state index is 0.00666. The molecule has 4 heteroatoms. The molecular weight excluding hydrogens is 274 g/mol. The zero-order valence-electron chi connectivity index (χ0n) is 13.7. The van der Waals surface area contributed by atoms with Gasteiger partial charge in [0.05, 0.1) is 0 Å². The van der Waals surface area contributed by atoms with E-state index in [9.17, 15) is 0 Å². The van der Waals surface area contributed by atoms with Gasteiger partial charge in [0.1, 0.15) is 0 Å². The Morgan fingerprint density at radius 3 is 2.64 bits per heavy atom. The fourth-order valence-electron chi connectivity index (χ4n) is 2.59.